The monoisotopic (exact) mass is 276 g/mol. The van der Waals surface area contributed by atoms with Crippen LogP contribution in [-0.4, -0.2) is 22.0 Å². The molecule has 5 nitrogen and oxygen atoms in total. The number of benzene rings is 1. The van der Waals surface area contributed by atoms with Crippen LogP contribution in [0.25, 0.3) is 0 Å². The van der Waals surface area contributed by atoms with Gasteiger partial charge < -0.3 is 15.4 Å². The molecule has 0 aliphatic heterocycles. The number of hydrogen-bond acceptors (Lipinski definition) is 3. The third-order valence-electron chi connectivity index (χ3n) is 2.84. The molecule has 1 heterocycles. The molecule has 1 aromatic carbocycles. The number of nitrogens with zero attached hydrogens (tertiary/aromatic N) is 2. The van der Waals surface area contributed by atoms with Crippen molar-refractivity contribution in [3.63, 3.8) is 0 Å². The number of nitrogens with one attached hydrogen (secondary N) is 2. The fourth-order valence-corrected chi connectivity index (χ4v) is 1.87. The van der Waals surface area contributed by atoms with Crippen LogP contribution in [0.5, 0.6) is 5.75 Å². The second-order valence-corrected chi connectivity index (χ2v) is 4.45. The van der Waals surface area contributed by atoms with Crippen LogP contribution in [0.15, 0.2) is 30.5 Å². The summed E-state index contributed by atoms with van der Waals surface area (Å²) in [6.45, 7) is 1.97. The van der Waals surface area contributed by atoms with E-state index in [2.05, 4.69) is 15.7 Å². The Morgan fingerprint density at radius 2 is 1.95 bits per heavy atom. The Kier molecular flexibility index (Phi) is 4.01. The molecule has 0 atom stereocenters. The van der Waals surface area contributed by atoms with Crippen LogP contribution in [0, 0.1) is 6.92 Å². The van der Waals surface area contributed by atoms with Crippen molar-refractivity contribution in [3.05, 3.63) is 36.2 Å². The number of rotatable bonds is 3. The molecule has 6 heteroatoms. The van der Waals surface area contributed by atoms with Crippen molar-refractivity contribution in [3.8, 4) is 5.75 Å². The molecule has 2 aromatic rings. The van der Waals surface area contributed by atoms with E-state index in [0.717, 1.165) is 22.8 Å². The molecule has 1 aromatic heterocycles. The Balaban J connectivity index is 2.07. The Hall–Kier alpha value is -2.08. The molecule has 0 unspecified atom stereocenters. The summed E-state index contributed by atoms with van der Waals surface area (Å²) >= 11 is 5.28. The fourth-order valence-electron chi connectivity index (χ4n) is 1.65. The molecule has 0 radical (unpaired) electrons. The number of anilines is 2. The molecule has 100 valence electrons. The van der Waals surface area contributed by atoms with E-state index >= 15 is 0 Å². The van der Waals surface area contributed by atoms with Gasteiger partial charge in [0.15, 0.2) is 5.11 Å². The molecule has 0 saturated heterocycles. The van der Waals surface area contributed by atoms with E-state index in [1.807, 2.05) is 38.2 Å². The van der Waals surface area contributed by atoms with Crippen molar-refractivity contribution < 1.29 is 4.74 Å². The molecule has 0 fully saturated rings. The van der Waals surface area contributed by atoms with Crippen molar-refractivity contribution in [1.29, 1.82) is 0 Å². The van der Waals surface area contributed by atoms with Gasteiger partial charge in [-0.05, 0) is 31.3 Å². The van der Waals surface area contributed by atoms with E-state index in [1.165, 1.54) is 0 Å². The summed E-state index contributed by atoms with van der Waals surface area (Å²) in [5.74, 6) is 0.745. The smallest absolute Gasteiger partial charge is 0.175 e. The first-order chi connectivity index (χ1) is 9.11. The number of ether oxygens (including phenoxy) is 1. The predicted molar refractivity (Wildman–Crippen MR) is 80.8 cm³/mol. The molecule has 0 amide bonds. The molecule has 0 aliphatic rings. The molecule has 2 N–H and O–H groups in total. The number of thiocarbonyl (C=S) groups is 1. The Labute approximate surface area is 117 Å². The highest BCUT2D eigenvalue weighted by Crippen LogP contribution is 2.23. The van der Waals surface area contributed by atoms with Gasteiger partial charge in [0.05, 0.1) is 30.4 Å². The fraction of sp³-hybridized carbons (Fsp3) is 0.231. The van der Waals surface area contributed by atoms with Crippen LogP contribution in [-0.2, 0) is 7.05 Å². The van der Waals surface area contributed by atoms with E-state index in [9.17, 15) is 0 Å². The first kappa shape index (κ1) is 13.4. The zero-order valence-electron chi connectivity index (χ0n) is 11.1. The standard InChI is InChI=1S/C13H16N4OS/c1-9-11(8-14-17(9)2)16-13(19)15-10-6-4-5-7-12(10)18-3/h4-8H,1-3H3,(H2,15,16,19). The minimum Gasteiger partial charge on any atom is -0.495 e. The number of para-hydroxylation sites is 2. The van der Waals surface area contributed by atoms with Crippen LogP contribution in [0.2, 0.25) is 0 Å². The van der Waals surface area contributed by atoms with E-state index < -0.39 is 0 Å². The van der Waals surface area contributed by atoms with Gasteiger partial charge in [0.1, 0.15) is 5.75 Å². The van der Waals surface area contributed by atoms with Gasteiger partial charge in [-0.15, -0.1) is 0 Å². The van der Waals surface area contributed by atoms with Crippen LogP contribution < -0.4 is 15.4 Å². The lowest BCUT2D eigenvalue weighted by molar-refractivity contribution is 0.417. The summed E-state index contributed by atoms with van der Waals surface area (Å²) in [5.41, 5.74) is 2.73. The molecule has 19 heavy (non-hydrogen) atoms. The lowest BCUT2D eigenvalue weighted by Crippen LogP contribution is -2.19. The Morgan fingerprint density at radius 1 is 1.26 bits per heavy atom. The minimum absolute atomic E-state index is 0.501. The van der Waals surface area contributed by atoms with Gasteiger partial charge in [-0.2, -0.15) is 5.10 Å². The number of methoxy groups -OCH3 is 1. The zero-order valence-corrected chi connectivity index (χ0v) is 11.9. The SMILES string of the molecule is COc1ccccc1NC(=S)Nc1cnn(C)c1C. The zero-order chi connectivity index (χ0) is 13.8. The molecule has 0 saturated carbocycles. The second-order valence-electron chi connectivity index (χ2n) is 4.05. The maximum atomic E-state index is 5.28. The summed E-state index contributed by atoms with van der Waals surface area (Å²) in [5, 5.41) is 10.9. The first-order valence-electron chi connectivity index (χ1n) is 5.81. The van der Waals surface area contributed by atoms with E-state index in [4.69, 9.17) is 17.0 Å². The molecule has 0 spiro atoms. The van der Waals surface area contributed by atoms with E-state index in [1.54, 1.807) is 18.0 Å². The quantitative estimate of drug-likeness (QED) is 0.844. The van der Waals surface area contributed by atoms with Crippen LogP contribution in [0.3, 0.4) is 0 Å². The number of aryl methyl sites for hydroxylation is 1. The third-order valence-corrected chi connectivity index (χ3v) is 3.04. The molecule has 0 bridgehead atoms. The lowest BCUT2D eigenvalue weighted by Gasteiger charge is -2.12. The van der Waals surface area contributed by atoms with Crippen LogP contribution >= 0.6 is 12.2 Å². The number of aromatic nitrogens is 2. The first-order valence-corrected chi connectivity index (χ1v) is 6.22. The summed E-state index contributed by atoms with van der Waals surface area (Å²) < 4.78 is 7.04. The van der Waals surface area contributed by atoms with Crippen LogP contribution in [0.1, 0.15) is 5.69 Å². The average molecular weight is 276 g/mol. The molecule has 2 rings (SSSR count). The van der Waals surface area contributed by atoms with Crippen molar-refractivity contribution >= 4 is 28.7 Å². The minimum atomic E-state index is 0.501. The topological polar surface area (TPSA) is 51.1 Å². The van der Waals surface area contributed by atoms with Crippen molar-refractivity contribution in [2.75, 3.05) is 17.7 Å². The van der Waals surface area contributed by atoms with E-state index in [-0.39, 0.29) is 0 Å². The van der Waals surface area contributed by atoms with Gasteiger partial charge in [0, 0.05) is 7.05 Å². The highest BCUT2D eigenvalue weighted by Gasteiger charge is 2.07. The van der Waals surface area contributed by atoms with Gasteiger partial charge in [0.2, 0.25) is 0 Å². The maximum absolute atomic E-state index is 5.28. The molecule has 0 aliphatic carbocycles. The largest absolute Gasteiger partial charge is 0.495 e. The highest BCUT2D eigenvalue weighted by atomic mass is 32.1. The van der Waals surface area contributed by atoms with Gasteiger partial charge in [0.25, 0.3) is 0 Å². The maximum Gasteiger partial charge on any atom is 0.175 e. The lowest BCUT2D eigenvalue weighted by atomic mass is 10.3. The van der Waals surface area contributed by atoms with Crippen molar-refractivity contribution in [2.45, 2.75) is 6.92 Å². The van der Waals surface area contributed by atoms with Gasteiger partial charge >= 0.3 is 0 Å². The average Bonchev–Trinajstić information content (AvgIpc) is 2.71. The normalized spacial score (nSPS) is 10.1. The van der Waals surface area contributed by atoms with Gasteiger partial charge in [-0.25, -0.2) is 0 Å². The Bertz CT molecular complexity index is 594. The summed E-state index contributed by atoms with van der Waals surface area (Å²) in [6, 6.07) is 7.61. The highest BCUT2D eigenvalue weighted by molar-refractivity contribution is 7.80. The predicted octanol–water partition coefficient (Wildman–Crippen LogP) is 2.55. The third kappa shape index (κ3) is 3.03. The molecular formula is C13H16N4OS. The summed E-state index contributed by atoms with van der Waals surface area (Å²) in [6.07, 6.45) is 1.74. The van der Waals surface area contributed by atoms with E-state index in [0.29, 0.717) is 5.11 Å². The summed E-state index contributed by atoms with van der Waals surface area (Å²) in [7, 11) is 3.51. The Morgan fingerprint density at radius 3 is 2.58 bits per heavy atom. The summed E-state index contributed by atoms with van der Waals surface area (Å²) in [4.78, 5) is 0. The molecular weight excluding hydrogens is 260 g/mol. The van der Waals surface area contributed by atoms with Crippen molar-refractivity contribution in [1.82, 2.24) is 9.78 Å². The number of hydrogen-bond donors (Lipinski definition) is 2. The van der Waals surface area contributed by atoms with Crippen molar-refractivity contribution in [2.24, 2.45) is 7.05 Å². The van der Waals surface area contributed by atoms with Gasteiger partial charge in [-0.3, -0.25) is 4.68 Å². The van der Waals surface area contributed by atoms with Gasteiger partial charge in [-0.1, -0.05) is 12.1 Å². The van der Waals surface area contributed by atoms with Crippen LogP contribution in [0.4, 0.5) is 11.4 Å². The second kappa shape index (κ2) is 5.71.